The lowest BCUT2D eigenvalue weighted by molar-refractivity contribution is -0.116. The van der Waals surface area contributed by atoms with Gasteiger partial charge in [-0.3, -0.25) is 4.79 Å². The summed E-state index contributed by atoms with van der Waals surface area (Å²) in [5.74, 6) is 0.787. The Bertz CT molecular complexity index is 664. The van der Waals surface area contributed by atoms with E-state index < -0.39 is 0 Å². The van der Waals surface area contributed by atoms with E-state index in [0.29, 0.717) is 12.8 Å². The molecule has 0 spiro atoms. The molecular formula is C19H24N2O2. The number of ether oxygens (including phenoxy) is 1. The van der Waals surface area contributed by atoms with E-state index in [1.165, 1.54) is 0 Å². The van der Waals surface area contributed by atoms with Gasteiger partial charge in [0.05, 0.1) is 6.10 Å². The number of nitrogens with one attached hydrogen (secondary N) is 1. The van der Waals surface area contributed by atoms with Crippen LogP contribution in [0.1, 0.15) is 31.4 Å². The van der Waals surface area contributed by atoms with E-state index in [9.17, 15) is 4.79 Å². The normalized spacial score (nSPS) is 10.6. The molecular weight excluding hydrogens is 288 g/mol. The Morgan fingerprint density at radius 1 is 1.17 bits per heavy atom. The first-order valence-electron chi connectivity index (χ1n) is 7.85. The maximum absolute atomic E-state index is 12.0. The van der Waals surface area contributed by atoms with Crippen LogP contribution in [0.2, 0.25) is 0 Å². The zero-order valence-electron chi connectivity index (χ0n) is 13.9. The van der Waals surface area contributed by atoms with Gasteiger partial charge < -0.3 is 15.8 Å². The first-order chi connectivity index (χ1) is 10.9. The molecule has 2 aromatic rings. The van der Waals surface area contributed by atoms with Crippen LogP contribution in [0.5, 0.6) is 5.75 Å². The molecule has 0 saturated carbocycles. The van der Waals surface area contributed by atoms with E-state index >= 15 is 0 Å². The van der Waals surface area contributed by atoms with Crippen molar-refractivity contribution in [3.05, 3.63) is 53.6 Å². The van der Waals surface area contributed by atoms with Crippen molar-refractivity contribution in [1.29, 1.82) is 0 Å². The van der Waals surface area contributed by atoms with Crippen molar-refractivity contribution in [3.8, 4) is 5.75 Å². The number of anilines is 2. The third-order valence-electron chi connectivity index (χ3n) is 3.49. The highest BCUT2D eigenvalue weighted by molar-refractivity contribution is 5.90. The van der Waals surface area contributed by atoms with Gasteiger partial charge in [-0.05, 0) is 68.7 Å². The second-order valence-electron chi connectivity index (χ2n) is 5.93. The number of benzene rings is 2. The zero-order valence-corrected chi connectivity index (χ0v) is 13.9. The summed E-state index contributed by atoms with van der Waals surface area (Å²) < 4.78 is 5.58. The van der Waals surface area contributed by atoms with Crippen LogP contribution in [-0.2, 0) is 11.2 Å². The average Bonchev–Trinajstić information content (AvgIpc) is 2.50. The molecule has 0 saturated heterocycles. The molecule has 0 atom stereocenters. The lowest BCUT2D eigenvalue weighted by Gasteiger charge is -2.11. The minimum absolute atomic E-state index is 0.0123. The fraction of sp³-hybridized carbons (Fsp3) is 0.316. The van der Waals surface area contributed by atoms with Gasteiger partial charge in [-0.25, -0.2) is 0 Å². The average molecular weight is 312 g/mol. The first kappa shape index (κ1) is 16.9. The van der Waals surface area contributed by atoms with Gasteiger partial charge in [0.2, 0.25) is 5.91 Å². The van der Waals surface area contributed by atoms with Crippen LogP contribution in [0, 0.1) is 6.92 Å². The standard InChI is InChI=1S/C19H24N2O2/c1-13(2)23-17-9-7-16(8-10-17)21-19(22)11-6-15-5-4-14(3)18(20)12-15/h4-5,7-10,12-13H,6,11,20H2,1-3H3,(H,21,22). The summed E-state index contributed by atoms with van der Waals surface area (Å²) in [6.07, 6.45) is 1.23. The Hall–Kier alpha value is -2.49. The second kappa shape index (κ2) is 7.68. The highest BCUT2D eigenvalue weighted by Crippen LogP contribution is 2.18. The number of hydrogen-bond acceptors (Lipinski definition) is 3. The van der Waals surface area contributed by atoms with Gasteiger partial charge in [0, 0.05) is 17.8 Å². The molecule has 4 nitrogen and oxygen atoms in total. The Morgan fingerprint density at radius 3 is 2.48 bits per heavy atom. The molecule has 2 aromatic carbocycles. The van der Waals surface area contributed by atoms with Gasteiger partial charge in [0.1, 0.15) is 5.75 Å². The molecule has 122 valence electrons. The Labute approximate surface area is 137 Å². The van der Waals surface area contributed by atoms with Crippen LogP contribution in [0.3, 0.4) is 0 Å². The van der Waals surface area contributed by atoms with E-state index in [4.69, 9.17) is 10.5 Å². The Kier molecular flexibility index (Phi) is 5.63. The Morgan fingerprint density at radius 2 is 1.87 bits per heavy atom. The maximum Gasteiger partial charge on any atom is 0.224 e. The molecule has 0 heterocycles. The topological polar surface area (TPSA) is 64.3 Å². The molecule has 0 aliphatic rings. The van der Waals surface area contributed by atoms with Crippen LogP contribution in [0.4, 0.5) is 11.4 Å². The van der Waals surface area contributed by atoms with Gasteiger partial charge in [0.15, 0.2) is 0 Å². The third kappa shape index (κ3) is 5.33. The number of amides is 1. The van der Waals surface area contributed by atoms with Crippen LogP contribution in [-0.4, -0.2) is 12.0 Å². The van der Waals surface area contributed by atoms with E-state index in [2.05, 4.69) is 5.32 Å². The molecule has 0 aliphatic heterocycles. The molecule has 0 fully saturated rings. The van der Waals surface area contributed by atoms with Gasteiger partial charge >= 0.3 is 0 Å². The Balaban J connectivity index is 1.85. The first-order valence-corrected chi connectivity index (χ1v) is 7.85. The molecule has 3 N–H and O–H groups in total. The molecule has 0 aliphatic carbocycles. The number of carbonyl (C=O) groups is 1. The van der Waals surface area contributed by atoms with Crippen molar-refractivity contribution in [2.75, 3.05) is 11.1 Å². The fourth-order valence-corrected chi connectivity index (χ4v) is 2.22. The van der Waals surface area contributed by atoms with Crippen molar-refractivity contribution >= 4 is 17.3 Å². The van der Waals surface area contributed by atoms with Crippen molar-refractivity contribution in [1.82, 2.24) is 0 Å². The van der Waals surface area contributed by atoms with Crippen molar-refractivity contribution in [2.24, 2.45) is 0 Å². The summed E-state index contributed by atoms with van der Waals surface area (Å²) in [4.78, 5) is 12.0. The number of rotatable bonds is 6. The van der Waals surface area contributed by atoms with Crippen molar-refractivity contribution in [3.63, 3.8) is 0 Å². The third-order valence-corrected chi connectivity index (χ3v) is 3.49. The molecule has 0 radical (unpaired) electrons. The molecule has 1 amide bonds. The van der Waals surface area contributed by atoms with Crippen LogP contribution in [0.15, 0.2) is 42.5 Å². The van der Waals surface area contributed by atoms with Gasteiger partial charge in [-0.2, -0.15) is 0 Å². The molecule has 23 heavy (non-hydrogen) atoms. The zero-order chi connectivity index (χ0) is 16.8. The second-order valence-corrected chi connectivity index (χ2v) is 5.93. The monoisotopic (exact) mass is 312 g/mol. The number of nitrogen functional groups attached to an aromatic ring is 1. The summed E-state index contributed by atoms with van der Waals surface area (Å²) in [6.45, 7) is 5.93. The quantitative estimate of drug-likeness (QED) is 0.794. The SMILES string of the molecule is Cc1ccc(CCC(=O)Nc2ccc(OC(C)C)cc2)cc1N. The van der Waals surface area contributed by atoms with Gasteiger partial charge in [-0.1, -0.05) is 12.1 Å². The predicted molar refractivity (Wildman–Crippen MR) is 94.7 cm³/mol. The van der Waals surface area contributed by atoms with E-state index in [0.717, 1.165) is 28.3 Å². The minimum atomic E-state index is -0.0123. The molecule has 0 bridgehead atoms. The number of aryl methyl sites for hydroxylation is 2. The smallest absolute Gasteiger partial charge is 0.224 e. The molecule has 4 heteroatoms. The summed E-state index contributed by atoms with van der Waals surface area (Å²) in [5.41, 5.74) is 9.56. The highest BCUT2D eigenvalue weighted by atomic mass is 16.5. The van der Waals surface area contributed by atoms with E-state index in [1.54, 1.807) is 0 Å². The van der Waals surface area contributed by atoms with Crippen LogP contribution in [0.25, 0.3) is 0 Å². The largest absolute Gasteiger partial charge is 0.491 e. The molecule has 2 rings (SSSR count). The predicted octanol–water partition coefficient (Wildman–Crippen LogP) is 3.94. The lowest BCUT2D eigenvalue weighted by Crippen LogP contribution is -2.12. The van der Waals surface area contributed by atoms with Crippen LogP contribution >= 0.6 is 0 Å². The minimum Gasteiger partial charge on any atom is -0.491 e. The van der Waals surface area contributed by atoms with Gasteiger partial charge in [0.25, 0.3) is 0 Å². The number of carbonyl (C=O) groups excluding carboxylic acids is 1. The summed E-state index contributed by atoms with van der Waals surface area (Å²) in [7, 11) is 0. The summed E-state index contributed by atoms with van der Waals surface area (Å²) >= 11 is 0. The highest BCUT2D eigenvalue weighted by Gasteiger charge is 2.05. The van der Waals surface area contributed by atoms with Crippen molar-refractivity contribution in [2.45, 2.75) is 39.7 Å². The number of nitrogens with two attached hydrogens (primary N) is 1. The van der Waals surface area contributed by atoms with E-state index in [1.807, 2.05) is 63.2 Å². The summed E-state index contributed by atoms with van der Waals surface area (Å²) in [6, 6.07) is 13.3. The fourth-order valence-electron chi connectivity index (χ4n) is 2.22. The molecule has 0 unspecified atom stereocenters. The summed E-state index contributed by atoms with van der Waals surface area (Å²) in [5, 5.41) is 2.89. The maximum atomic E-state index is 12.0. The van der Waals surface area contributed by atoms with E-state index in [-0.39, 0.29) is 12.0 Å². The van der Waals surface area contributed by atoms with Gasteiger partial charge in [-0.15, -0.1) is 0 Å². The van der Waals surface area contributed by atoms with Crippen LogP contribution < -0.4 is 15.8 Å². The van der Waals surface area contributed by atoms with Crippen molar-refractivity contribution < 1.29 is 9.53 Å². The molecule has 0 aromatic heterocycles. The number of hydrogen-bond donors (Lipinski definition) is 2. The lowest BCUT2D eigenvalue weighted by atomic mass is 10.1.